The van der Waals surface area contributed by atoms with E-state index in [1.807, 2.05) is 6.07 Å². The Morgan fingerprint density at radius 2 is 1.83 bits per heavy atom. The molecule has 100 valence electrons. The minimum atomic E-state index is -0.182. The van der Waals surface area contributed by atoms with Crippen LogP contribution in [-0.4, -0.2) is 6.67 Å². The van der Waals surface area contributed by atoms with E-state index < -0.39 is 0 Å². The van der Waals surface area contributed by atoms with Crippen molar-refractivity contribution in [1.29, 1.82) is 0 Å². The molecule has 0 atom stereocenters. The maximum Gasteiger partial charge on any atom is 0.123 e. The molecular formula is C16H22F2. The lowest BCUT2D eigenvalue weighted by Crippen LogP contribution is -2.13. The van der Waals surface area contributed by atoms with Crippen LogP contribution in [0.15, 0.2) is 24.3 Å². The van der Waals surface area contributed by atoms with Crippen LogP contribution in [0.5, 0.6) is 0 Å². The molecule has 1 aliphatic rings. The van der Waals surface area contributed by atoms with Gasteiger partial charge in [0.1, 0.15) is 5.82 Å². The highest BCUT2D eigenvalue weighted by Gasteiger charge is 2.22. The fourth-order valence-corrected chi connectivity index (χ4v) is 3.07. The molecule has 2 heteroatoms. The molecule has 0 radical (unpaired) electrons. The predicted octanol–water partition coefficient (Wildman–Crippen LogP) is 5.24. The quantitative estimate of drug-likeness (QED) is 0.629. The third-order valence-electron chi connectivity index (χ3n) is 4.16. The first-order valence-corrected chi connectivity index (χ1v) is 7.11. The number of alkyl halides is 1. The van der Waals surface area contributed by atoms with Crippen molar-refractivity contribution in [2.45, 2.75) is 50.9 Å². The zero-order valence-corrected chi connectivity index (χ0v) is 10.9. The van der Waals surface area contributed by atoms with Gasteiger partial charge in [0, 0.05) is 0 Å². The normalized spacial score (nSPS) is 24.1. The molecule has 0 saturated heterocycles. The van der Waals surface area contributed by atoms with Gasteiger partial charge < -0.3 is 0 Å². The van der Waals surface area contributed by atoms with Crippen LogP contribution in [0.25, 0.3) is 0 Å². The Labute approximate surface area is 108 Å². The molecule has 18 heavy (non-hydrogen) atoms. The highest BCUT2D eigenvalue weighted by atomic mass is 19.1. The summed E-state index contributed by atoms with van der Waals surface area (Å²) in [6.07, 6.45) is 7.64. The van der Waals surface area contributed by atoms with E-state index in [2.05, 4.69) is 0 Å². The van der Waals surface area contributed by atoms with Crippen LogP contribution < -0.4 is 0 Å². The molecule has 0 spiro atoms. The Kier molecular flexibility index (Phi) is 5.15. The molecule has 0 bridgehead atoms. The minimum Gasteiger partial charge on any atom is -0.251 e. The summed E-state index contributed by atoms with van der Waals surface area (Å²) >= 11 is 0. The van der Waals surface area contributed by atoms with Crippen LogP contribution in [0.3, 0.4) is 0 Å². The second-order valence-corrected chi connectivity index (χ2v) is 5.46. The second kappa shape index (κ2) is 6.86. The van der Waals surface area contributed by atoms with Crippen molar-refractivity contribution >= 4 is 0 Å². The van der Waals surface area contributed by atoms with Gasteiger partial charge in [-0.2, -0.15) is 0 Å². The van der Waals surface area contributed by atoms with Crippen LogP contribution in [0.2, 0.25) is 0 Å². The van der Waals surface area contributed by atoms with Crippen LogP contribution in [0.1, 0.15) is 56.4 Å². The highest BCUT2D eigenvalue weighted by molar-refractivity contribution is 5.21. The van der Waals surface area contributed by atoms with Gasteiger partial charge >= 0.3 is 0 Å². The Hall–Kier alpha value is -0.920. The SMILES string of the molecule is FCCCCC1CCC(c2cccc(F)c2)CC1. The zero-order valence-electron chi connectivity index (χ0n) is 10.9. The van der Waals surface area contributed by atoms with Gasteiger partial charge in [-0.1, -0.05) is 25.0 Å². The smallest absolute Gasteiger partial charge is 0.123 e. The Bertz CT molecular complexity index is 354. The predicted molar refractivity (Wildman–Crippen MR) is 70.9 cm³/mol. The highest BCUT2D eigenvalue weighted by Crippen LogP contribution is 2.37. The van der Waals surface area contributed by atoms with Crippen molar-refractivity contribution < 1.29 is 8.78 Å². The second-order valence-electron chi connectivity index (χ2n) is 5.46. The Morgan fingerprint density at radius 1 is 1.06 bits per heavy atom. The van der Waals surface area contributed by atoms with E-state index in [1.54, 1.807) is 12.1 Å². The van der Waals surface area contributed by atoms with E-state index in [4.69, 9.17) is 0 Å². The van der Waals surface area contributed by atoms with Crippen molar-refractivity contribution in [2.24, 2.45) is 5.92 Å². The van der Waals surface area contributed by atoms with Crippen LogP contribution in [0.4, 0.5) is 8.78 Å². The van der Waals surface area contributed by atoms with Crippen LogP contribution >= 0.6 is 0 Å². The van der Waals surface area contributed by atoms with Gasteiger partial charge in [0.25, 0.3) is 0 Å². The van der Waals surface area contributed by atoms with Gasteiger partial charge in [-0.3, -0.25) is 4.39 Å². The van der Waals surface area contributed by atoms with E-state index >= 15 is 0 Å². The minimum absolute atomic E-state index is 0.127. The maximum absolute atomic E-state index is 13.2. The first-order valence-electron chi connectivity index (χ1n) is 7.11. The fourth-order valence-electron chi connectivity index (χ4n) is 3.07. The van der Waals surface area contributed by atoms with Crippen molar-refractivity contribution in [3.63, 3.8) is 0 Å². The largest absolute Gasteiger partial charge is 0.251 e. The Balaban J connectivity index is 1.79. The molecular weight excluding hydrogens is 230 g/mol. The summed E-state index contributed by atoms with van der Waals surface area (Å²) in [7, 11) is 0. The first-order chi connectivity index (χ1) is 8.79. The van der Waals surface area contributed by atoms with E-state index in [0.29, 0.717) is 12.3 Å². The molecule has 1 aromatic carbocycles. The standard InChI is InChI=1S/C16H22F2/c17-11-2-1-4-13-7-9-14(10-8-13)15-5-3-6-16(18)12-15/h3,5-6,12-14H,1-2,4,7-11H2. The van der Waals surface area contributed by atoms with Gasteiger partial charge in [-0.15, -0.1) is 0 Å². The molecule has 0 N–H and O–H groups in total. The monoisotopic (exact) mass is 252 g/mol. The third kappa shape index (κ3) is 3.79. The van der Waals surface area contributed by atoms with Gasteiger partial charge in [-0.25, -0.2) is 4.39 Å². The number of benzene rings is 1. The average Bonchev–Trinajstić information content (AvgIpc) is 2.40. The van der Waals surface area contributed by atoms with Gasteiger partial charge in [-0.05, 0) is 61.6 Å². The van der Waals surface area contributed by atoms with Crippen molar-refractivity contribution in [3.05, 3.63) is 35.6 Å². The number of unbranched alkanes of at least 4 members (excludes halogenated alkanes) is 1. The van der Waals surface area contributed by atoms with E-state index in [1.165, 1.54) is 25.3 Å². The summed E-state index contributed by atoms with van der Waals surface area (Å²) in [5, 5.41) is 0. The molecule has 0 aromatic heterocycles. The molecule has 0 nitrogen and oxygen atoms in total. The zero-order chi connectivity index (χ0) is 12.8. The maximum atomic E-state index is 13.2. The summed E-state index contributed by atoms with van der Waals surface area (Å²) in [6, 6.07) is 7.02. The molecule has 0 heterocycles. The third-order valence-corrected chi connectivity index (χ3v) is 4.16. The fraction of sp³-hybridized carbons (Fsp3) is 0.625. The Morgan fingerprint density at radius 3 is 2.50 bits per heavy atom. The van der Waals surface area contributed by atoms with Gasteiger partial charge in [0.15, 0.2) is 0 Å². The van der Waals surface area contributed by atoms with E-state index in [9.17, 15) is 8.78 Å². The summed E-state index contributed by atoms with van der Waals surface area (Å²) in [4.78, 5) is 0. The molecule has 0 unspecified atom stereocenters. The lowest BCUT2D eigenvalue weighted by Gasteiger charge is -2.28. The molecule has 1 fully saturated rings. The van der Waals surface area contributed by atoms with E-state index in [-0.39, 0.29) is 12.5 Å². The topological polar surface area (TPSA) is 0 Å². The summed E-state index contributed by atoms with van der Waals surface area (Å²) in [5.74, 6) is 1.16. The summed E-state index contributed by atoms with van der Waals surface area (Å²) < 4.78 is 25.2. The van der Waals surface area contributed by atoms with Gasteiger partial charge in [0.2, 0.25) is 0 Å². The molecule has 1 aliphatic carbocycles. The van der Waals surface area contributed by atoms with Gasteiger partial charge in [0.05, 0.1) is 6.67 Å². The number of hydrogen-bond acceptors (Lipinski definition) is 0. The first kappa shape index (κ1) is 13.5. The molecule has 2 rings (SSSR count). The summed E-state index contributed by atoms with van der Waals surface area (Å²) in [5.41, 5.74) is 1.15. The molecule has 0 amide bonds. The number of halogens is 2. The van der Waals surface area contributed by atoms with Crippen LogP contribution in [0, 0.1) is 11.7 Å². The average molecular weight is 252 g/mol. The molecule has 0 aliphatic heterocycles. The van der Waals surface area contributed by atoms with Crippen molar-refractivity contribution in [3.8, 4) is 0 Å². The van der Waals surface area contributed by atoms with Crippen molar-refractivity contribution in [1.82, 2.24) is 0 Å². The lowest BCUT2D eigenvalue weighted by atomic mass is 9.77. The molecule has 1 saturated carbocycles. The van der Waals surface area contributed by atoms with Crippen molar-refractivity contribution in [2.75, 3.05) is 6.67 Å². The number of rotatable bonds is 5. The number of hydrogen-bond donors (Lipinski definition) is 0. The van der Waals surface area contributed by atoms with Crippen LogP contribution in [-0.2, 0) is 0 Å². The molecule has 1 aromatic rings. The van der Waals surface area contributed by atoms with E-state index in [0.717, 1.165) is 30.7 Å². The summed E-state index contributed by atoms with van der Waals surface area (Å²) in [6.45, 7) is -0.182. The lowest BCUT2D eigenvalue weighted by molar-refractivity contribution is 0.298.